The van der Waals surface area contributed by atoms with Crippen molar-refractivity contribution in [1.82, 2.24) is 14.8 Å². The van der Waals surface area contributed by atoms with Crippen LogP contribution in [-0.4, -0.2) is 78.3 Å². The van der Waals surface area contributed by atoms with Gasteiger partial charge in [-0.15, -0.1) is 0 Å². The molecule has 226 valence electrons. The molecule has 3 aromatic carbocycles. The number of morpholine rings is 1. The fourth-order valence-electron chi connectivity index (χ4n) is 5.10. The molecule has 43 heavy (non-hydrogen) atoms. The van der Waals surface area contributed by atoms with Gasteiger partial charge in [0.05, 0.1) is 30.5 Å². The van der Waals surface area contributed by atoms with Gasteiger partial charge in [0.2, 0.25) is 0 Å². The fraction of sp³-hybridized carbons (Fsp3) is 0.323. The van der Waals surface area contributed by atoms with Gasteiger partial charge >= 0.3 is 6.18 Å². The molecule has 5 rings (SSSR count). The number of alkyl halides is 3. The average molecular weight is 617 g/mol. The Hall–Kier alpha value is -3.80. The molecule has 2 heterocycles. The number of nitrogens with zero attached hydrogens (tertiary/aromatic N) is 4. The summed E-state index contributed by atoms with van der Waals surface area (Å²) < 4.78 is 58.5. The van der Waals surface area contributed by atoms with E-state index in [2.05, 4.69) is 10.0 Å². The van der Waals surface area contributed by atoms with Gasteiger partial charge in [-0.05, 0) is 48.0 Å². The summed E-state index contributed by atoms with van der Waals surface area (Å²) in [6, 6.07) is 16.2. The van der Waals surface area contributed by atoms with Crippen molar-refractivity contribution in [2.75, 3.05) is 45.9 Å². The SMILES string of the molecule is O=C(c1ccc(C(F)(F)F)cc1)N(CCN1CCOCC1)CC(=O)N1N=C(c2ccccc2Cl)CC1c1ccc(F)cc1. The molecular weight excluding hydrogens is 588 g/mol. The predicted octanol–water partition coefficient (Wildman–Crippen LogP) is 5.65. The van der Waals surface area contributed by atoms with Crippen LogP contribution in [0.2, 0.25) is 5.02 Å². The molecule has 1 fully saturated rings. The van der Waals surface area contributed by atoms with Crippen LogP contribution in [0.3, 0.4) is 0 Å². The van der Waals surface area contributed by atoms with Gasteiger partial charge in [-0.25, -0.2) is 9.40 Å². The summed E-state index contributed by atoms with van der Waals surface area (Å²) in [4.78, 5) is 30.9. The van der Waals surface area contributed by atoms with Gasteiger partial charge in [-0.2, -0.15) is 18.3 Å². The minimum Gasteiger partial charge on any atom is -0.379 e. The molecule has 1 atom stereocenters. The van der Waals surface area contributed by atoms with Crippen LogP contribution in [0, 0.1) is 5.82 Å². The first-order valence-corrected chi connectivity index (χ1v) is 14.1. The lowest BCUT2D eigenvalue weighted by molar-refractivity contribution is -0.137. The summed E-state index contributed by atoms with van der Waals surface area (Å²) in [5.74, 6) is -1.51. The summed E-state index contributed by atoms with van der Waals surface area (Å²) >= 11 is 6.42. The van der Waals surface area contributed by atoms with Crippen LogP contribution in [0.25, 0.3) is 0 Å². The van der Waals surface area contributed by atoms with Crippen molar-refractivity contribution < 1.29 is 31.9 Å². The van der Waals surface area contributed by atoms with E-state index in [-0.39, 0.29) is 18.7 Å². The van der Waals surface area contributed by atoms with E-state index in [1.54, 1.807) is 36.4 Å². The van der Waals surface area contributed by atoms with E-state index in [1.165, 1.54) is 22.0 Å². The van der Waals surface area contributed by atoms with Gasteiger partial charge in [-0.3, -0.25) is 14.5 Å². The van der Waals surface area contributed by atoms with E-state index in [9.17, 15) is 27.2 Å². The fourth-order valence-corrected chi connectivity index (χ4v) is 5.35. The monoisotopic (exact) mass is 616 g/mol. The lowest BCUT2D eigenvalue weighted by atomic mass is 9.98. The highest BCUT2D eigenvalue weighted by Gasteiger charge is 2.35. The van der Waals surface area contributed by atoms with Gasteiger partial charge in [0.25, 0.3) is 11.8 Å². The largest absolute Gasteiger partial charge is 0.416 e. The van der Waals surface area contributed by atoms with E-state index in [0.29, 0.717) is 61.1 Å². The number of hydrazone groups is 1. The second kappa shape index (κ2) is 13.2. The third-order valence-electron chi connectivity index (χ3n) is 7.47. The molecule has 1 unspecified atom stereocenters. The van der Waals surface area contributed by atoms with Crippen LogP contribution in [-0.2, 0) is 15.7 Å². The molecule has 1 saturated heterocycles. The number of carbonyl (C=O) groups excluding carboxylic acids is 2. The zero-order chi connectivity index (χ0) is 30.6. The maximum atomic E-state index is 13.9. The third-order valence-corrected chi connectivity index (χ3v) is 7.80. The zero-order valence-corrected chi connectivity index (χ0v) is 23.8. The summed E-state index contributed by atoms with van der Waals surface area (Å²) in [7, 11) is 0. The van der Waals surface area contributed by atoms with Crippen molar-refractivity contribution in [3.8, 4) is 0 Å². The second-order valence-electron chi connectivity index (χ2n) is 10.3. The molecular formula is C31H29ClF4N4O3. The minimum absolute atomic E-state index is 0.0274. The second-order valence-corrected chi connectivity index (χ2v) is 10.7. The molecule has 0 radical (unpaired) electrons. The van der Waals surface area contributed by atoms with Crippen molar-refractivity contribution >= 4 is 29.1 Å². The van der Waals surface area contributed by atoms with E-state index in [1.807, 2.05) is 0 Å². The smallest absolute Gasteiger partial charge is 0.379 e. The molecule has 2 aliphatic rings. The molecule has 2 aliphatic heterocycles. The van der Waals surface area contributed by atoms with Crippen LogP contribution in [0.15, 0.2) is 77.9 Å². The Morgan fingerprint density at radius 2 is 1.65 bits per heavy atom. The summed E-state index contributed by atoms with van der Waals surface area (Å²) in [6.45, 7) is 2.61. The van der Waals surface area contributed by atoms with E-state index in [0.717, 1.165) is 24.3 Å². The van der Waals surface area contributed by atoms with Crippen LogP contribution >= 0.6 is 11.6 Å². The third kappa shape index (κ3) is 7.41. The highest BCUT2D eigenvalue weighted by atomic mass is 35.5. The number of hydrogen-bond acceptors (Lipinski definition) is 5. The number of halogens is 5. The quantitative estimate of drug-likeness (QED) is 0.307. The van der Waals surface area contributed by atoms with Gasteiger partial charge in [0.15, 0.2) is 0 Å². The maximum Gasteiger partial charge on any atom is 0.416 e. The molecule has 2 amide bonds. The molecule has 0 spiro atoms. The standard InChI is InChI=1S/C31H29ClF4N4O3/c32-26-4-2-1-3-25(26)27-19-28(21-7-11-24(33)12-8-21)40(37-27)29(41)20-39(14-13-38-15-17-43-18-16-38)30(42)22-5-9-23(10-6-22)31(34,35)36/h1-12,28H,13-20H2. The molecule has 12 heteroatoms. The number of rotatable bonds is 8. The number of ether oxygens (including phenoxy) is 1. The summed E-state index contributed by atoms with van der Waals surface area (Å²) in [5, 5.41) is 6.35. The van der Waals surface area contributed by atoms with Crippen molar-refractivity contribution in [1.29, 1.82) is 0 Å². The van der Waals surface area contributed by atoms with Crippen molar-refractivity contribution in [2.45, 2.75) is 18.6 Å². The van der Waals surface area contributed by atoms with Crippen molar-refractivity contribution in [3.05, 3.63) is 106 Å². The maximum absolute atomic E-state index is 13.9. The minimum atomic E-state index is -4.55. The van der Waals surface area contributed by atoms with Crippen LogP contribution in [0.1, 0.15) is 39.5 Å². The van der Waals surface area contributed by atoms with Crippen LogP contribution in [0.5, 0.6) is 0 Å². The lowest BCUT2D eigenvalue weighted by Crippen LogP contribution is -2.46. The number of carbonyl (C=O) groups is 2. The first-order valence-electron chi connectivity index (χ1n) is 13.8. The number of benzene rings is 3. The Bertz CT molecular complexity index is 1480. The zero-order valence-electron chi connectivity index (χ0n) is 23.1. The highest BCUT2D eigenvalue weighted by Crippen LogP contribution is 2.35. The van der Waals surface area contributed by atoms with E-state index in [4.69, 9.17) is 16.3 Å². The van der Waals surface area contributed by atoms with Crippen LogP contribution < -0.4 is 0 Å². The molecule has 0 aromatic heterocycles. The Balaban J connectivity index is 1.42. The molecule has 0 bridgehead atoms. The highest BCUT2D eigenvalue weighted by molar-refractivity contribution is 6.34. The number of amides is 2. The molecule has 0 N–H and O–H groups in total. The molecule has 7 nitrogen and oxygen atoms in total. The van der Waals surface area contributed by atoms with E-state index < -0.39 is 35.4 Å². The topological polar surface area (TPSA) is 65.5 Å². The Morgan fingerprint density at radius 3 is 2.30 bits per heavy atom. The first kappa shape index (κ1) is 30.7. The average Bonchev–Trinajstić information content (AvgIpc) is 3.45. The van der Waals surface area contributed by atoms with E-state index >= 15 is 0 Å². The normalized spacial score (nSPS) is 17.6. The Morgan fingerprint density at radius 1 is 0.977 bits per heavy atom. The van der Waals surface area contributed by atoms with Gasteiger partial charge in [-0.1, -0.05) is 41.9 Å². The van der Waals surface area contributed by atoms with Crippen LogP contribution in [0.4, 0.5) is 17.6 Å². The molecule has 0 aliphatic carbocycles. The van der Waals surface area contributed by atoms with Gasteiger partial charge in [0, 0.05) is 48.7 Å². The Labute approximate surface area is 251 Å². The predicted molar refractivity (Wildman–Crippen MR) is 153 cm³/mol. The summed E-state index contributed by atoms with van der Waals surface area (Å²) in [5.41, 5.74) is 1.01. The number of hydrogen-bond donors (Lipinski definition) is 0. The first-order chi connectivity index (χ1) is 20.6. The van der Waals surface area contributed by atoms with Crippen molar-refractivity contribution in [2.24, 2.45) is 5.10 Å². The molecule has 0 saturated carbocycles. The van der Waals surface area contributed by atoms with Gasteiger partial charge in [0.1, 0.15) is 12.4 Å². The summed E-state index contributed by atoms with van der Waals surface area (Å²) in [6.07, 6.45) is -4.24. The lowest BCUT2D eigenvalue weighted by Gasteiger charge is -2.31. The Kier molecular flexibility index (Phi) is 9.43. The molecule has 3 aromatic rings. The van der Waals surface area contributed by atoms with Crippen molar-refractivity contribution in [3.63, 3.8) is 0 Å². The van der Waals surface area contributed by atoms with Gasteiger partial charge < -0.3 is 9.64 Å².